The van der Waals surface area contributed by atoms with Crippen molar-refractivity contribution < 1.29 is 22.8 Å². The van der Waals surface area contributed by atoms with E-state index in [0.29, 0.717) is 25.0 Å². The number of alkyl halides is 3. The smallest absolute Gasteiger partial charge is 0.340 e. The second kappa shape index (κ2) is 10.6. The molecule has 1 aromatic rings. The number of hydrogen-bond acceptors (Lipinski definition) is 4. The highest BCUT2D eigenvalue weighted by Crippen LogP contribution is 2.30. The van der Waals surface area contributed by atoms with Crippen LogP contribution in [0.25, 0.3) is 0 Å². The van der Waals surface area contributed by atoms with Crippen LogP contribution < -0.4 is 0 Å². The fourth-order valence-corrected chi connectivity index (χ4v) is 5.50. The summed E-state index contributed by atoms with van der Waals surface area (Å²) in [6.07, 6.45) is -1.10. The number of likely N-dealkylation sites (N-methyl/N-ethyl adjacent to an activating group) is 1. The Morgan fingerprint density at radius 2 is 1.53 bits per heavy atom. The first-order valence-electron chi connectivity index (χ1n) is 12.5. The molecular weight excluding hydrogens is 445 g/mol. The molecule has 0 aliphatic carbocycles. The molecule has 0 radical (unpaired) electrons. The molecule has 3 aliphatic rings. The van der Waals surface area contributed by atoms with Crippen molar-refractivity contribution in [3.05, 3.63) is 35.4 Å². The molecule has 188 valence electrons. The number of likely N-dealkylation sites (tertiary alicyclic amines) is 2. The molecule has 0 saturated carbocycles. The van der Waals surface area contributed by atoms with Gasteiger partial charge < -0.3 is 19.6 Å². The molecule has 0 aromatic heterocycles. The van der Waals surface area contributed by atoms with E-state index in [-0.39, 0.29) is 17.4 Å². The summed E-state index contributed by atoms with van der Waals surface area (Å²) in [5, 5.41) is 0. The second-order valence-corrected chi connectivity index (χ2v) is 9.67. The zero-order chi connectivity index (χ0) is 24.3. The van der Waals surface area contributed by atoms with Crippen LogP contribution in [0.3, 0.4) is 0 Å². The van der Waals surface area contributed by atoms with Crippen molar-refractivity contribution in [2.75, 3.05) is 58.9 Å². The van der Waals surface area contributed by atoms with Gasteiger partial charge in [-0.25, -0.2) is 0 Å². The molecule has 1 aromatic carbocycles. The highest BCUT2D eigenvalue weighted by molar-refractivity contribution is 5.94. The molecule has 0 bridgehead atoms. The molecule has 9 heteroatoms. The average Bonchev–Trinajstić information content (AvgIpc) is 2.87. The predicted octanol–water partition coefficient (Wildman–Crippen LogP) is 3.19. The number of rotatable bonds is 4. The van der Waals surface area contributed by atoms with Gasteiger partial charge in [-0.3, -0.25) is 9.59 Å². The number of hydrogen-bond donors (Lipinski definition) is 0. The lowest BCUT2D eigenvalue weighted by molar-refractivity contribution is -0.139. The summed E-state index contributed by atoms with van der Waals surface area (Å²) in [6, 6.07) is 5.03. The van der Waals surface area contributed by atoms with E-state index in [1.807, 2.05) is 4.90 Å². The van der Waals surface area contributed by atoms with E-state index in [4.69, 9.17) is 0 Å². The van der Waals surface area contributed by atoms with E-state index in [0.717, 1.165) is 83.6 Å². The number of benzene rings is 1. The van der Waals surface area contributed by atoms with E-state index < -0.39 is 11.7 Å². The van der Waals surface area contributed by atoms with Gasteiger partial charge in [-0.15, -0.1) is 0 Å². The molecule has 2 amide bonds. The first-order chi connectivity index (χ1) is 16.3. The zero-order valence-electron chi connectivity index (χ0n) is 19.9. The molecule has 3 heterocycles. The summed E-state index contributed by atoms with van der Waals surface area (Å²) in [7, 11) is 0. The van der Waals surface area contributed by atoms with Gasteiger partial charge in [0.25, 0.3) is 5.91 Å². The van der Waals surface area contributed by atoms with Crippen molar-refractivity contribution in [2.45, 2.75) is 44.8 Å². The lowest BCUT2D eigenvalue weighted by Crippen LogP contribution is -2.53. The van der Waals surface area contributed by atoms with Crippen LogP contribution >= 0.6 is 0 Å². The molecule has 3 fully saturated rings. The third-order valence-corrected chi connectivity index (χ3v) is 7.71. The van der Waals surface area contributed by atoms with Gasteiger partial charge in [0.15, 0.2) is 0 Å². The van der Waals surface area contributed by atoms with Gasteiger partial charge in [0.2, 0.25) is 5.91 Å². The lowest BCUT2D eigenvalue weighted by Gasteiger charge is -2.43. The fraction of sp³-hybridized carbons (Fsp3) is 0.680. The largest absolute Gasteiger partial charge is 0.416 e. The van der Waals surface area contributed by atoms with Crippen molar-refractivity contribution >= 4 is 11.8 Å². The number of carbonyl (C=O) groups excluding carboxylic acids is 2. The van der Waals surface area contributed by atoms with Gasteiger partial charge in [0, 0.05) is 56.8 Å². The fourth-order valence-electron chi connectivity index (χ4n) is 5.50. The zero-order valence-corrected chi connectivity index (χ0v) is 19.9. The first-order valence-corrected chi connectivity index (χ1v) is 12.5. The molecule has 0 atom stereocenters. The molecular formula is C25H35F3N4O2. The number of nitrogens with zero attached hydrogens (tertiary/aromatic N) is 4. The van der Waals surface area contributed by atoms with E-state index in [1.165, 1.54) is 12.1 Å². The van der Waals surface area contributed by atoms with Gasteiger partial charge in [-0.05, 0) is 63.5 Å². The van der Waals surface area contributed by atoms with Crippen LogP contribution in [0.5, 0.6) is 0 Å². The Morgan fingerprint density at radius 3 is 2.12 bits per heavy atom. The minimum atomic E-state index is -4.46. The molecule has 3 saturated heterocycles. The molecule has 34 heavy (non-hydrogen) atoms. The van der Waals surface area contributed by atoms with Crippen LogP contribution in [0.4, 0.5) is 13.2 Å². The third-order valence-electron chi connectivity index (χ3n) is 7.71. The van der Waals surface area contributed by atoms with Crippen molar-refractivity contribution in [1.82, 2.24) is 19.6 Å². The molecule has 0 unspecified atom stereocenters. The third kappa shape index (κ3) is 5.74. The molecule has 6 nitrogen and oxygen atoms in total. The first kappa shape index (κ1) is 25.0. The topological polar surface area (TPSA) is 47.1 Å². The molecule has 4 rings (SSSR count). The summed E-state index contributed by atoms with van der Waals surface area (Å²) in [5.74, 6) is 0.0703. The number of halogens is 3. The number of amides is 2. The minimum Gasteiger partial charge on any atom is -0.340 e. The maximum Gasteiger partial charge on any atom is 0.416 e. The second-order valence-electron chi connectivity index (χ2n) is 9.67. The highest BCUT2D eigenvalue weighted by Gasteiger charge is 2.35. The lowest BCUT2D eigenvalue weighted by atomic mass is 9.92. The van der Waals surface area contributed by atoms with Gasteiger partial charge in [-0.2, -0.15) is 13.2 Å². The maximum atomic E-state index is 13.0. The Morgan fingerprint density at radius 1 is 0.882 bits per heavy atom. The van der Waals surface area contributed by atoms with Gasteiger partial charge in [0.1, 0.15) is 0 Å². The van der Waals surface area contributed by atoms with Crippen LogP contribution in [0.1, 0.15) is 48.5 Å². The van der Waals surface area contributed by atoms with Crippen molar-refractivity contribution in [3.63, 3.8) is 0 Å². The monoisotopic (exact) mass is 480 g/mol. The van der Waals surface area contributed by atoms with Crippen LogP contribution in [0, 0.1) is 5.92 Å². The number of piperidine rings is 2. The van der Waals surface area contributed by atoms with Crippen molar-refractivity contribution in [1.29, 1.82) is 0 Å². The quantitative estimate of drug-likeness (QED) is 0.664. The molecule has 3 aliphatic heterocycles. The van der Waals surface area contributed by atoms with E-state index in [9.17, 15) is 22.8 Å². The predicted molar refractivity (Wildman–Crippen MR) is 123 cm³/mol. The number of piperazine rings is 1. The maximum absolute atomic E-state index is 13.0. The highest BCUT2D eigenvalue weighted by atomic mass is 19.4. The average molecular weight is 481 g/mol. The molecule has 0 spiro atoms. The summed E-state index contributed by atoms with van der Waals surface area (Å²) >= 11 is 0. The Balaban J connectivity index is 1.23. The van der Waals surface area contributed by atoms with Gasteiger partial charge in [0.05, 0.1) is 5.56 Å². The molecule has 0 N–H and O–H groups in total. The SMILES string of the molecule is CCN1CCN(C(=O)C2CCN(C3CCN(C(=O)c4cccc(C(F)(F)F)c4)CC3)CC2)CC1. The van der Waals surface area contributed by atoms with Gasteiger partial charge in [-0.1, -0.05) is 13.0 Å². The van der Waals surface area contributed by atoms with Crippen LogP contribution in [-0.2, 0) is 11.0 Å². The standard InChI is InChI=1S/C25H35F3N4O2/c1-2-29-14-16-32(17-15-29)23(33)19-6-10-30(11-7-19)22-8-12-31(13-9-22)24(34)20-4-3-5-21(18-20)25(26,27)28/h3-5,18-19,22H,2,6-17H2,1H3. The summed E-state index contributed by atoms with van der Waals surface area (Å²) in [4.78, 5) is 34.2. The Kier molecular flexibility index (Phi) is 7.82. The van der Waals surface area contributed by atoms with Crippen LogP contribution in [0.2, 0.25) is 0 Å². The Hall–Kier alpha value is -2.13. The summed E-state index contributed by atoms with van der Waals surface area (Å²) < 4.78 is 39.0. The normalized spacial score (nSPS) is 22.2. The van der Waals surface area contributed by atoms with Crippen molar-refractivity contribution in [3.8, 4) is 0 Å². The number of carbonyl (C=O) groups is 2. The van der Waals surface area contributed by atoms with Crippen LogP contribution in [0.15, 0.2) is 24.3 Å². The Labute approximate surface area is 199 Å². The Bertz CT molecular complexity index is 854. The van der Waals surface area contributed by atoms with E-state index >= 15 is 0 Å². The summed E-state index contributed by atoms with van der Waals surface area (Å²) in [5.41, 5.74) is -0.703. The minimum absolute atomic E-state index is 0.0902. The summed E-state index contributed by atoms with van der Waals surface area (Å²) in [6.45, 7) is 9.60. The van der Waals surface area contributed by atoms with Gasteiger partial charge >= 0.3 is 6.18 Å². The van der Waals surface area contributed by atoms with Crippen LogP contribution in [-0.4, -0.2) is 96.4 Å². The van der Waals surface area contributed by atoms with Crippen molar-refractivity contribution in [2.24, 2.45) is 5.92 Å². The van der Waals surface area contributed by atoms with E-state index in [1.54, 1.807) is 4.90 Å². The van der Waals surface area contributed by atoms with E-state index in [2.05, 4.69) is 16.7 Å².